The Kier molecular flexibility index (Phi) is 5.96. The van der Waals surface area contributed by atoms with E-state index in [2.05, 4.69) is 107 Å². The molecular weight excluding hydrogens is 569 g/mol. The third kappa shape index (κ3) is 4.28. The predicted octanol–water partition coefficient (Wildman–Crippen LogP) is 10.6. The van der Waals surface area contributed by atoms with Crippen LogP contribution >= 0.6 is 11.3 Å². The molecule has 210 valence electrons. The Morgan fingerprint density at radius 1 is 0.467 bits per heavy atom. The minimum absolute atomic E-state index is 0.794. The van der Waals surface area contributed by atoms with Gasteiger partial charge in [-0.05, 0) is 58.8 Å². The summed E-state index contributed by atoms with van der Waals surface area (Å²) in [6, 6.07) is 46.3. The van der Waals surface area contributed by atoms with E-state index in [0.717, 1.165) is 56.1 Å². The van der Waals surface area contributed by atoms with Crippen molar-refractivity contribution < 1.29 is 0 Å². The second-order valence-corrected chi connectivity index (χ2v) is 12.1. The van der Waals surface area contributed by atoms with E-state index in [0.29, 0.717) is 0 Å². The van der Waals surface area contributed by atoms with Crippen molar-refractivity contribution in [2.75, 3.05) is 0 Å². The van der Waals surface area contributed by atoms with Crippen LogP contribution in [0.25, 0.3) is 87.0 Å². The van der Waals surface area contributed by atoms with Crippen LogP contribution in [0.1, 0.15) is 0 Å². The highest BCUT2D eigenvalue weighted by atomic mass is 32.1. The first kappa shape index (κ1) is 25.7. The number of rotatable bonds is 4. The second kappa shape index (κ2) is 10.4. The quantitative estimate of drug-likeness (QED) is 0.204. The van der Waals surface area contributed by atoms with E-state index in [4.69, 9.17) is 9.97 Å². The lowest BCUT2D eigenvalue weighted by molar-refractivity contribution is 1.22. The molecule has 4 aromatic carbocycles. The number of aromatic nitrogens is 4. The second-order valence-electron chi connectivity index (χ2n) is 11.0. The van der Waals surface area contributed by atoms with Gasteiger partial charge in [0.1, 0.15) is 0 Å². The lowest BCUT2D eigenvalue weighted by Gasteiger charge is -2.14. The minimum Gasteiger partial charge on any atom is -0.255 e. The minimum atomic E-state index is 0.794. The zero-order valence-corrected chi connectivity index (χ0v) is 24.9. The van der Waals surface area contributed by atoms with Crippen molar-refractivity contribution in [3.63, 3.8) is 0 Å². The topological polar surface area (TPSA) is 51.6 Å². The molecule has 45 heavy (non-hydrogen) atoms. The number of fused-ring (bicyclic) bond motifs is 6. The first-order chi connectivity index (χ1) is 22.3. The van der Waals surface area contributed by atoms with Crippen molar-refractivity contribution in [1.29, 1.82) is 0 Å². The molecule has 0 bridgehead atoms. The average molecular weight is 593 g/mol. The summed E-state index contributed by atoms with van der Waals surface area (Å²) in [4.78, 5) is 19.9. The largest absolute Gasteiger partial charge is 0.255 e. The Hall–Kier alpha value is -5.78. The van der Waals surface area contributed by atoms with Gasteiger partial charge < -0.3 is 0 Å². The third-order valence-electron chi connectivity index (χ3n) is 8.37. The molecule has 0 aliphatic rings. The molecule has 0 spiro atoms. The highest BCUT2D eigenvalue weighted by Crippen LogP contribution is 2.45. The van der Waals surface area contributed by atoms with Crippen LogP contribution in [0.5, 0.6) is 0 Å². The molecule has 0 atom stereocenters. The molecule has 0 radical (unpaired) electrons. The average Bonchev–Trinajstić information content (AvgIpc) is 3.52. The van der Waals surface area contributed by atoms with Gasteiger partial charge >= 0.3 is 0 Å². The Morgan fingerprint density at radius 2 is 1.09 bits per heavy atom. The van der Waals surface area contributed by atoms with Gasteiger partial charge in [-0.1, -0.05) is 91.0 Å². The molecule has 0 unspecified atom stereocenters. The Balaban J connectivity index is 1.39. The Labute approximate surface area is 263 Å². The van der Waals surface area contributed by atoms with Crippen LogP contribution in [0.3, 0.4) is 0 Å². The number of para-hydroxylation sites is 1. The molecule has 0 amide bonds. The fourth-order valence-corrected chi connectivity index (χ4v) is 7.55. The Morgan fingerprint density at radius 3 is 1.84 bits per heavy atom. The van der Waals surface area contributed by atoms with Gasteiger partial charge in [-0.2, -0.15) is 0 Å². The molecule has 5 heterocycles. The van der Waals surface area contributed by atoms with E-state index in [9.17, 15) is 0 Å². The van der Waals surface area contributed by atoms with Crippen LogP contribution in [0.4, 0.5) is 0 Å². The molecule has 0 saturated heterocycles. The van der Waals surface area contributed by atoms with Crippen LogP contribution in [-0.4, -0.2) is 19.9 Å². The van der Waals surface area contributed by atoms with Crippen molar-refractivity contribution in [2.45, 2.75) is 0 Å². The summed E-state index contributed by atoms with van der Waals surface area (Å²) < 4.78 is 2.50. The molecule has 0 N–H and O–H groups in total. The zero-order valence-electron chi connectivity index (χ0n) is 24.1. The monoisotopic (exact) mass is 592 g/mol. The number of hydrogen-bond donors (Lipinski definition) is 0. The number of benzene rings is 4. The molecule has 9 aromatic rings. The summed E-state index contributed by atoms with van der Waals surface area (Å²) in [5, 5.41) is 5.98. The summed E-state index contributed by atoms with van der Waals surface area (Å²) >= 11 is 1.84. The van der Waals surface area contributed by atoms with E-state index in [1.54, 1.807) is 12.4 Å². The molecule has 0 saturated carbocycles. The third-order valence-corrected chi connectivity index (χ3v) is 9.58. The van der Waals surface area contributed by atoms with E-state index in [1.807, 2.05) is 47.7 Å². The van der Waals surface area contributed by atoms with Crippen LogP contribution in [0.15, 0.2) is 146 Å². The van der Waals surface area contributed by atoms with Gasteiger partial charge in [0.05, 0.1) is 34.0 Å². The maximum absolute atomic E-state index is 5.58. The highest BCUT2D eigenvalue weighted by Gasteiger charge is 2.20. The van der Waals surface area contributed by atoms with Crippen molar-refractivity contribution in [3.8, 4) is 45.2 Å². The Bertz CT molecular complexity index is 2480. The fourth-order valence-electron chi connectivity index (χ4n) is 6.32. The van der Waals surface area contributed by atoms with E-state index < -0.39 is 0 Å². The molecule has 9 rings (SSSR count). The van der Waals surface area contributed by atoms with Crippen LogP contribution in [0.2, 0.25) is 0 Å². The standard InChI is InChI=1S/C40H24N4S/c1-2-13-27-25(11-1)12-9-16-29(27)39-37-30-14-3-4-20-36(30)45-40(37)31-17-10-15-28(38(31)44-39)26-23-34(32-18-5-7-21-41-32)43-35(24-26)33-19-6-8-22-42-33/h1-24H. The van der Waals surface area contributed by atoms with Gasteiger partial charge in [0, 0.05) is 49.1 Å². The number of thiophene rings is 1. The van der Waals surface area contributed by atoms with Gasteiger partial charge in [-0.15, -0.1) is 11.3 Å². The summed E-state index contributed by atoms with van der Waals surface area (Å²) in [6.07, 6.45) is 3.61. The summed E-state index contributed by atoms with van der Waals surface area (Å²) in [5.41, 5.74) is 8.38. The maximum atomic E-state index is 5.58. The van der Waals surface area contributed by atoms with Crippen molar-refractivity contribution in [1.82, 2.24) is 19.9 Å². The summed E-state index contributed by atoms with van der Waals surface area (Å²) in [6.45, 7) is 0. The molecule has 0 fully saturated rings. The predicted molar refractivity (Wildman–Crippen MR) is 187 cm³/mol. The van der Waals surface area contributed by atoms with Gasteiger partial charge in [0.15, 0.2) is 0 Å². The van der Waals surface area contributed by atoms with Crippen molar-refractivity contribution in [3.05, 3.63) is 146 Å². The van der Waals surface area contributed by atoms with Crippen LogP contribution in [0, 0.1) is 0 Å². The molecular formula is C40H24N4S. The normalized spacial score (nSPS) is 11.6. The molecule has 4 nitrogen and oxygen atoms in total. The van der Waals surface area contributed by atoms with Gasteiger partial charge in [0.25, 0.3) is 0 Å². The molecule has 5 aromatic heterocycles. The molecule has 0 aliphatic carbocycles. The van der Waals surface area contributed by atoms with E-state index in [-0.39, 0.29) is 0 Å². The zero-order chi connectivity index (χ0) is 29.7. The highest BCUT2D eigenvalue weighted by molar-refractivity contribution is 7.26. The van der Waals surface area contributed by atoms with Crippen molar-refractivity contribution in [2.24, 2.45) is 0 Å². The fraction of sp³-hybridized carbons (Fsp3) is 0. The SMILES string of the molecule is c1ccc(-c2cc(-c3cccc4c3nc(-c3cccc5ccccc35)c3c5ccccc5sc43)cc(-c3ccccn3)n2)nc1. The molecule has 5 heteroatoms. The number of hydrogen-bond acceptors (Lipinski definition) is 5. The first-order valence-electron chi connectivity index (χ1n) is 14.9. The smallest absolute Gasteiger partial charge is 0.0900 e. The van der Waals surface area contributed by atoms with E-state index >= 15 is 0 Å². The first-order valence-corrected chi connectivity index (χ1v) is 15.7. The number of pyridine rings is 4. The lowest BCUT2D eigenvalue weighted by atomic mass is 9.95. The van der Waals surface area contributed by atoms with E-state index in [1.165, 1.54) is 30.9 Å². The van der Waals surface area contributed by atoms with Gasteiger partial charge in [0.2, 0.25) is 0 Å². The van der Waals surface area contributed by atoms with Crippen molar-refractivity contribution >= 4 is 53.2 Å². The number of nitrogens with zero attached hydrogens (tertiary/aromatic N) is 4. The molecule has 0 aliphatic heterocycles. The summed E-state index contributed by atoms with van der Waals surface area (Å²) in [5.74, 6) is 0. The van der Waals surface area contributed by atoms with Crippen LogP contribution < -0.4 is 0 Å². The lowest BCUT2D eigenvalue weighted by Crippen LogP contribution is -1.95. The van der Waals surface area contributed by atoms with Gasteiger partial charge in [-0.25, -0.2) is 9.97 Å². The maximum Gasteiger partial charge on any atom is 0.0900 e. The van der Waals surface area contributed by atoms with Gasteiger partial charge in [-0.3, -0.25) is 9.97 Å². The summed E-state index contributed by atoms with van der Waals surface area (Å²) in [7, 11) is 0. The van der Waals surface area contributed by atoms with Crippen LogP contribution in [-0.2, 0) is 0 Å².